The minimum atomic E-state index is -0.782. The van der Waals surface area contributed by atoms with E-state index in [-0.39, 0.29) is 31.1 Å². The molecule has 0 aliphatic heterocycles. The molecule has 0 heterocycles. The molecule has 0 aliphatic carbocycles. The monoisotopic (exact) mass is 1010 g/mol. The van der Waals surface area contributed by atoms with E-state index in [0.29, 0.717) is 19.3 Å². The molecule has 6 heteroatoms. The molecule has 0 aliphatic rings. The van der Waals surface area contributed by atoms with Crippen LogP contribution in [0.25, 0.3) is 0 Å². The number of unbranched alkanes of at least 4 members (excludes halogenated alkanes) is 36. The largest absolute Gasteiger partial charge is 0.462 e. The third-order valence-electron chi connectivity index (χ3n) is 13.7. The Balaban J connectivity index is 4.34. The third kappa shape index (κ3) is 58.0. The van der Waals surface area contributed by atoms with Crippen LogP contribution < -0.4 is 0 Å². The molecule has 6 nitrogen and oxygen atoms in total. The van der Waals surface area contributed by atoms with Gasteiger partial charge in [-0.2, -0.15) is 0 Å². The van der Waals surface area contributed by atoms with E-state index in [1.165, 1.54) is 186 Å². The van der Waals surface area contributed by atoms with Crippen molar-refractivity contribution in [1.82, 2.24) is 0 Å². The van der Waals surface area contributed by atoms with Gasteiger partial charge in [0, 0.05) is 19.3 Å². The van der Waals surface area contributed by atoms with Gasteiger partial charge in [0.2, 0.25) is 0 Å². The quantitative estimate of drug-likeness (QED) is 0.0261. The molecule has 0 radical (unpaired) electrons. The van der Waals surface area contributed by atoms with Crippen LogP contribution in [0, 0.1) is 0 Å². The summed E-state index contributed by atoms with van der Waals surface area (Å²) in [4.78, 5) is 38.3. The van der Waals surface area contributed by atoms with Crippen LogP contribution >= 0.6 is 0 Å². The Morgan fingerprint density at radius 3 is 0.819 bits per heavy atom. The summed E-state index contributed by atoms with van der Waals surface area (Å²) >= 11 is 0. The van der Waals surface area contributed by atoms with Crippen LogP contribution in [0.3, 0.4) is 0 Å². The molecule has 0 aromatic heterocycles. The van der Waals surface area contributed by atoms with Crippen molar-refractivity contribution in [3.05, 3.63) is 60.8 Å². The van der Waals surface area contributed by atoms with Crippen molar-refractivity contribution >= 4 is 17.9 Å². The number of hydrogen-bond donors (Lipinski definition) is 0. The fraction of sp³-hybridized carbons (Fsp3) is 0.803. The fourth-order valence-electron chi connectivity index (χ4n) is 9.00. The van der Waals surface area contributed by atoms with Crippen molar-refractivity contribution in [2.24, 2.45) is 0 Å². The third-order valence-corrected chi connectivity index (χ3v) is 13.7. The number of allylic oxidation sites excluding steroid dienone is 10. The van der Waals surface area contributed by atoms with Crippen molar-refractivity contribution in [2.75, 3.05) is 13.2 Å². The summed E-state index contributed by atoms with van der Waals surface area (Å²) in [5, 5.41) is 0. The number of hydrogen-bond acceptors (Lipinski definition) is 6. The van der Waals surface area contributed by atoms with Gasteiger partial charge >= 0.3 is 17.9 Å². The second kappa shape index (κ2) is 60.7. The Labute approximate surface area is 447 Å². The fourth-order valence-corrected chi connectivity index (χ4v) is 9.00. The standard InChI is InChI=1S/C66H118O6/c1-4-7-10-13-16-19-22-25-28-30-31-32-33-34-35-37-38-41-44-47-50-53-56-59-65(68)71-62-63(61-70-64(67)58-55-52-49-46-43-40-27-24-21-18-15-12-9-6-3)72-66(69)60-57-54-51-48-45-42-39-36-29-26-23-20-17-14-11-8-5-2/h15,18,22,24-25,27,30-31,33-34,63H,4-14,16-17,19-21,23,26,28-29,32,35-62H2,1-3H3/b18-15-,25-22-,27-24-,31-30-,34-33-. The highest BCUT2D eigenvalue weighted by atomic mass is 16.6. The average Bonchev–Trinajstić information content (AvgIpc) is 3.38. The van der Waals surface area contributed by atoms with E-state index >= 15 is 0 Å². The summed E-state index contributed by atoms with van der Waals surface area (Å²) < 4.78 is 16.9. The van der Waals surface area contributed by atoms with Crippen molar-refractivity contribution in [3.8, 4) is 0 Å². The van der Waals surface area contributed by atoms with E-state index in [1.54, 1.807) is 0 Å². The lowest BCUT2D eigenvalue weighted by Gasteiger charge is -2.18. The van der Waals surface area contributed by atoms with Crippen molar-refractivity contribution in [3.63, 3.8) is 0 Å². The summed E-state index contributed by atoms with van der Waals surface area (Å²) in [5.41, 5.74) is 0. The van der Waals surface area contributed by atoms with Gasteiger partial charge in [0.05, 0.1) is 0 Å². The van der Waals surface area contributed by atoms with E-state index in [2.05, 4.69) is 81.5 Å². The minimum absolute atomic E-state index is 0.0800. The van der Waals surface area contributed by atoms with E-state index in [1.807, 2.05) is 0 Å². The SMILES string of the molecule is CCCC/C=C\C/C=C\CCCCCCCC(=O)OCC(COC(=O)CCCCCCCCCC/C=C\C/C=C\C/C=C\CCCCCCC)OC(=O)CCCCCCCCCCCCCCCCCCC. The Morgan fingerprint density at radius 1 is 0.278 bits per heavy atom. The molecular weight excluding hydrogens is 889 g/mol. The van der Waals surface area contributed by atoms with Gasteiger partial charge in [0.1, 0.15) is 13.2 Å². The average molecular weight is 1010 g/mol. The first-order valence-corrected chi connectivity index (χ1v) is 31.3. The molecular formula is C66H118O6. The lowest BCUT2D eigenvalue weighted by Crippen LogP contribution is -2.30. The van der Waals surface area contributed by atoms with E-state index in [0.717, 1.165) is 96.3 Å². The number of rotatable bonds is 57. The van der Waals surface area contributed by atoms with Crippen LogP contribution in [-0.2, 0) is 28.6 Å². The van der Waals surface area contributed by atoms with Gasteiger partial charge in [-0.1, -0.05) is 281 Å². The van der Waals surface area contributed by atoms with Gasteiger partial charge in [-0.3, -0.25) is 14.4 Å². The maximum Gasteiger partial charge on any atom is 0.306 e. The highest BCUT2D eigenvalue weighted by molar-refractivity contribution is 5.71. The number of carbonyl (C=O) groups excluding carboxylic acids is 3. The summed E-state index contributed by atoms with van der Waals surface area (Å²) in [7, 11) is 0. The van der Waals surface area contributed by atoms with Gasteiger partial charge in [-0.25, -0.2) is 0 Å². The molecule has 0 bridgehead atoms. The minimum Gasteiger partial charge on any atom is -0.462 e. The first-order chi connectivity index (χ1) is 35.5. The topological polar surface area (TPSA) is 78.9 Å². The summed E-state index contributed by atoms with van der Waals surface area (Å²) in [6.45, 7) is 6.61. The molecule has 0 N–H and O–H groups in total. The van der Waals surface area contributed by atoms with Gasteiger partial charge in [-0.05, 0) is 83.5 Å². The second-order valence-corrected chi connectivity index (χ2v) is 21.0. The van der Waals surface area contributed by atoms with Crippen LogP contribution in [0.4, 0.5) is 0 Å². The number of ether oxygens (including phenoxy) is 3. The van der Waals surface area contributed by atoms with Gasteiger partial charge < -0.3 is 14.2 Å². The Morgan fingerprint density at radius 2 is 0.514 bits per heavy atom. The molecule has 0 saturated heterocycles. The van der Waals surface area contributed by atoms with Gasteiger partial charge in [-0.15, -0.1) is 0 Å². The maximum atomic E-state index is 12.9. The maximum absolute atomic E-state index is 12.9. The van der Waals surface area contributed by atoms with E-state index in [4.69, 9.17) is 14.2 Å². The molecule has 72 heavy (non-hydrogen) atoms. The van der Waals surface area contributed by atoms with Crippen molar-refractivity contribution in [1.29, 1.82) is 0 Å². The van der Waals surface area contributed by atoms with Crippen LogP contribution in [0.1, 0.15) is 323 Å². The predicted molar refractivity (Wildman–Crippen MR) is 312 cm³/mol. The van der Waals surface area contributed by atoms with Crippen LogP contribution in [-0.4, -0.2) is 37.2 Å². The highest BCUT2D eigenvalue weighted by Crippen LogP contribution is 2.17. The molecule has 0 fully saturated rings. The van der Waals surface area contributed by atoms with Crippen molar-refractivity contribution in [2.45, 2.75) is 329 Å². The number of carbonyl (C=O) groups is 3. The zero-order valence-electron chi connectivity index (χ0n) is 47.9. The van der Waals surface area contributed by atoms with Gasteiger partial charge in [0.25, 0.3) is 0 Å². The van der Waals surface area contributed by atoms with E-state index < -0.39 is 6.10 Å². The smallest absolute Gasteiger partial charge is 0.306 e. The zero-order valence-corrected chi connectivity index (χ0v) is 47.9. The van der Waals surface area contributed by atoms with Crippen LogP contribution in [0.15, 0.2) is 60.8 Å². The Hall–Kier alpha value is -2.89. The molecule has 0 rings (SSSR count). The van der Waals surface area contributed by atoms with Crippen LogP contribution in [0.2, 0.25) is 0 Å². The molecule has 0 saturated carbocycles. The lowest BCUT2D eigenvalue weighted by molar-refractivity contribution is -0.167. The van der Waals surface area contributed by atoms with Gasteiger partial charge in [0.15, 0.2) is 6.10 Å². The lowest BCUT2D eigenvalue weighted by atomic mass is 10.0. The molecule has 418 valence electrons. The normalized spacial score (nSPS) is 12.4. The molecule has 0 aromatic carbocycles. The molecule has 1 atom stereocenters. The summed E-state index contributed by atoms with van der Waals surface area (Å²) in [6, 6.07) is 0. The first-order valence-electron chi connectivity index (χ1n) is 31.3. The Kier molecular flexibility index (Phi) is 58.2. The molecule has 0 spiro atoms. The molecule has 1 unspecified atom stereocenters. The number of esters is 3. The summed E-state index contributed by atoms with van der Waals surface area (Å²) in [5.74, 6) is -0.884. The zero-order chi connectivity index (χ0) is 52.2. The highest BCUT2D eigenvalue weighted by Gasteiger charge is 2.19. The Bertz CT molecular complexity index is 1290. The van der Waals surface area contributed by atoms with Crippen molar-refractivity contribution < 1.29 is 28.6 Å². The summed E-state index contributed by atoms with van der Waals surface area (Å²) in [6.07, 6.45) is 76.4. The first kappa shape index (κ1) is 69.1. The molecule has 0 aromatic rings. The van der Waals surface area contributed by atoms with E-state index in [9.17, 15) is 14.4 Å². The predicted octanol–water partition coefficient (Wildman–Crippen LogP) is 21.2. The molecule has 0 amide bonds. The van der Waals surface area contributed by atoms with Crippen LogP contribution in [0.5, 0.6) is 0 Å². The second-order valence-electron chi connectivity index (χ2n) is 21.0.